The van der Waals surface area contributed by atoms with Crippen LogP contribution in [-0.4, -0.2) is 63.1 Å². The van der Waals surface area contributed by atoms with Crippen LogP contribution < -0.4 is 15.0 Å². The number of aldehydes is 1. The van der Waals surface area contributed by atoms with E-state index in [1.165, 1.54) is 0 Å². The van der Waals surface area contributed by atoms with E-state index in [2.05, 4.69) is 30.1 Å². The lowest BCUT2D eigenvalue weighted by Gasteiger charge is -2.32. The number of carbonyl (C=O) groups is 1. The molecule has 3 heterocycles. The molecule has 0 amide bonds. The lowest BCUT2D eigenvalue weighted by molar-refractivity contribution is 0.111. The molecular formula is C21H29N3O4S. The largest absolute Gasteiger partial charge is 0.488 e. The third-order valence-electron chi connectivity index (χ3n) is 5.85. The van der Waals surface area contributed by atoms with Crippen LogP contribution in [0.4, 0.5) is 5.69 Å². The lowest BCUT2D eigenvalue weighted by atomic mass is 10.1. The first-order valence-corrected chi connectivity index (χ1v) is 12.2. The number of ether oxygens (including phenoxy) is 1. The van der Waals surface area contributed by atoms with Crippen LogP contribution in [0.1, 0.15) is 43.2 Å². The van der Waals surface area contributed by atoms with Gasteiger partial charge in [0.2, 0.25) is 0 Å². The molecule has 2 fully saturated rings. The monoisotopic (exact) mass is 419 g/mol. The Labute approximate surface area is 171 Å². The van der Waals surface area contributed by atoms with Crippen LogP contribution in [0.3, 0.4) is 0 Å². The van der Waals surface area contributed by atoms with Crippen molar-refractivity contribution in [2.45, 2.75) is 38.8 Å². The first-order valence-electron chi connectivity index (χ1n) is 10.3. The Hall–Kier alpha value is -2.06. The normalized spacial score (nSPS) is 20.3. The van der Waals surface area contributed by atoms with Crippen molar-refractivity contribution < 1.29 is 17.9 Å². The number of benzene rings is 1. The number of hydrogen-bond donors (Lipinski definition) is 1. The number of anilines is 1. The summed E-state index contributed by atoms with van der Waals surface area (Å²) in [5.41, 5.74) is 2.53. The first-order chi connectivity index (χ1) is 13.9. The van der Waals surface area contributed by atoms with Gasteiger partial charge in [-0.1, -0.05) is 0 Å². The van der Waals surface area contributed by atoms with E-state index in [4.69, 9.17) is 4.74 Å². The Morgan fingerprint density at radius 1 is 1.14 bits per heavy atom. The molecule has 2 saturated heterocycles. The van der Waals surface area contributed by atoms with E-state index in [-0.39, 0.29) is 23.7 Å². The third kappa shape index (κ3) is 4.14. The van der Waals surface area contributed by atoms with Gasteiger partial charge in [0.05, 0.1) is 28.4 Å². The van der Waals surface area contributed by atoms with Crippen molar-refractivity contribution in [3.63, 3.8) is 0 Å². The van der Waals surface area contributed by atoms with Crippen LogP contribution in [-0.2, 0) is 9.84 Å². The number of piperidine rings is 1. The molecular weight excluding hydrogens is 390 g/mol. The smallest absolute Gasteiger partial charge is 0.166 e. The fourth-order valence-electron chi connectivity index (χ4n) is 4.32. The van der Waals surface area contributed by atoms with Gasteiger partial charge in [-0.2, -0.15) is 0 Å². The molecule has 2 aliphatic rings. The molecule has 0 aliphatic carbocycles. The molecule has 0 bridgehead atoms. The lowest BCUT2D eigenvalue weighted by Crippen LogP contribution is -2.41. The minimum atomic E-state index is -2.97. The maximum atomic E-state index is 11.9. The molecule has 2 aromatic rings. The van der Waals surface area contributed by atoms with E-state index in [1.54, 1.807) is 0 Å². The van der Waals surface area contributed by atoms with E-state index in [1.807, 2.05) is 16.7 Å². The van der Waals surface area contributed by atoms with Crippen molar-refractivity contribution in [1.82, 2.24) is 9.88 Å². The minimum absolute atomic E-state index is 0.137. The van der Waals surface area contributed by atoms with Gasteiger partial charge in [0, 0.05) is 24.5 Å². The molecule has 7 nitrogen and oxygen atoms in total. The summed E-state index contributed by atoms with van der Waals surface area (Å²) in [6, 6.07) is 6.12. The topological polar surface area (TPSA) is 80.6 Å². The minimum Gasteiger partial charge on any atom is -0.488 e. The number of rotatable bonds is 5. The van der Waals surface area contributed by atoms with Gasteiger partial charge in [-0.15, -0.1) is 0 Å². The Bertz CT molecular complexity index is 993. The zero-order valence-electron chi connectivity index (χ0n) is 17.1. The van der Waals surface area contributed by atoms with Crippen LogP contribution in [0.2, 0.25) is 0 Å². The molecule has 0 saturated carbocycles. The second kappa shape index (κ2) is 7.99. The quantitative estimate of drug-likeness (QED) is 0.750. The van der Waals surface area contributed by atoms with Crippen molar-refractivity contribution >= 4 is 32.7 Å². The Kier molecular flexibility index (Phi) is 5.57. The van der Waals surface area contributed by atoms with Gasteiger partial charge in [0.25, 0.3) is 0 Å². The van der Waals surface area contributed by atoms with E-state index in [0.29, 0.717) is 18.8 Å². The molecule has 0 spiro atoms. The van der Waals surface area contributed by atoms with Crippen LogP contribution in [0.5, 0.6) is 5.75 Å². The van der Waals surface area contributed by atoms with Crippen LogP contribution in [0.25, 0.3) is 10.9 Å². The van der Waals surface area contributed by atoms with Gasteiger partial charge in [0.1, 0.15) is 11.9 Å². The molecule has 2 aliphatic heterocycles. The summed E-state index contributed by atoms with van der Waals surface area (Å²) in [5, 5.41) is 4.32. The average Bonchev–Trinajstić information content (AvgIpc) is 3.06. The number of fused-ring (bicyclic) bond motifs is 1. The summed E-state index contributed by atoms with van der Waals surface area (Å²) >= 11 is 0. The first kappa shape index (κ1) is 20.2. The van der Waals surface area contributed by atoms with Crippen LogP contribution >= 0.6 is 0 Å². The van der Waals surface area contributed by atoms with E-state index in [0.717, 1.165) is 54.6 Å². The third-order valence-corrected chi connectivity index (χ3v) is 7.46. The molecule has 1 aromatic carbocycles. The van der Waals surface area contributed by atoms with Gasteiger partial charge in [-0.25, -0.2) is 8.42 Å². The van der Waals surface area contributed by atoms with E-state index in [9.17, 15) is 13.2 Å². The van der Waals surface area contributed by atoms with Gasteiger partial charge >= 0.3 is 0 Å². The number of nitrogens with zero attached hydrogens (tertiary/aromatic N) is 2. The van der Waals surface area contributed by atoms with Crippen molar-refractivity contribution in [1.29, 1.82) is 0 Å². The fourth-order valence-corrected chi connectivity index (χ4v) is 5.52. The predicted octanol–water partition coefficient (Wildman–Crippen LogP) is 2.40. The zero-order chi connectivity index (χ0) is 20.6. The van der Waals surface area contributed by atoms with E-state index >= 15 is 0 Å². The van der Waals surface area contributed by atoms with Crippen molar-refractivity contribution in [3.8, 4) is 5.75 Å². The van der Waals surface area contributed by atoms with Gasteiger partial charge < -0.3 is 19.5 Å². The van der Waals surface area contributed by atoms with Crippen molar-refractivity contribution in [2.75, 3.05) is 42.6 Å². The fraction of sp³-hybridized carbons (Fsp3) is 0.571. The molecule has 0 atom stereocenters. The summed E-state index contributed by atoms with van der Waals surface area (Å²) < 4.78 is 32.3. The molecule has 1 aromatic heterocycles. The standard InChI is InChI=1S/C21H29N3O4S/c1-15(2)24-17(14-25)11-16-12-21(28-18-3-5-22-6-4-18)20(13-19(16)24)23-7-9-29(26,27)10-8-23/h11-15,18,22H,3-10H2,1-2H3. The SMILES string of the molecule is CC(C)n1c(C=O)cc2cc(OC3CCNCC3)c(N3CCS(=O)(=O)CC3)cc21. The average molecular weight is 420 g/mol. The molecule has 158 valence electrons. The number of aromatic nitrogens is 1. The highest BCUT2D eigenvalue weighted by Crippen LogP contribution is 2.37. The maximum absolute atomic E-state index is 11.9. The number of sulfone groups is 1. The highest BCUT2D eigenvalue weighted by atomic mass is 32.2. The van der Waals surface area contributed by atoms with Crippen molar-refractivity contribution in [3.05, 3.63) is 23.9 Å². The van der Waals surface area contributed by atoms with Gasteiger partial charge in [0.15, 0.2) is 16.1 Å². The summed E-state index contributed by atoms with van der Waals surface area (Å²) in [7, 11) is -2.97. The second-order valence-electron chi connectivity index (χ2n) is 8.24. The molecule has 1 N–H and O–H groups in total. The van der Waals surface area contributed by atoms with Crippen LogP contribution in [0.15, 0.2) is 18.2 Å². The number of carbonyl (C=O) groups excluding carboxylic acids is 1. The molecule has 8 heteroatoms. The number of hydrogen-bond acceptors (Lipinski definition) is 6. The van der Waals surface area contributed by atoms with Gasteiger partial charge in [-0.05, 0) is 58.0 Å². The predicted molar refractivity (Wildman–Crippen MR) is 115 cm³/mol. The highest BCUT2D eigenvalue weighted by Gasteiger charge is 2.26. The Morgan fingerprint density at radius 2 is 1.83 bits per heavy atom. The Balaban J connectivity index is 1.78. The summed E-state index contributed by atoms with van der Waals surface area (Å²) in [6.45, 7) is 6.89. The molecule has 0 radical (unpaired) electrons. The summed E-state index contributed by atoms with van der Waals surface area (Å²) in [6.07, 6.45) is 2.91. The summed E-state index contributed by atoms with van der Waals surface area (Å²) in [4.78, 5) is 13.7. The zero-order valence-corrected chi connectivity index (χ0v) is 17.9. The Morgan fingerprint density at radius 3 is 2.45 bits per heavy atom. The molecule has 4 rings (SSSR count). The van der Waals surface area contributed by atoms with Crippen molar-refractivity contribution in [2.24, 2.45) is 0 Å². The summed E-state index contributed by atoms with van der Waals surface area (Å²) in [5.74, 6) is 1.09. The maximum Gasteiger partial charge on any atom is 0.166 e. The molecule has 0 unspecified atom stereocenters. The van der Waals surface area contributed by atoms with E-state index < -0.39 is 9.84 Å². The van der Waals surface area contributed by atoms with Crippen LogP contribution in [0, 0.1) is 0 Å². The number of nitrogens with one attached hydrogen (secondary N) is 1. The second-order valence-corrected chi connectivity index (χ2v) is 10.5. The highest BCUT2D eigenvalue weighted by molar-refractivity contribution is 7.91. The molecule has 29 heavy (non-hydrogen) atoms. The van der Waals surface area contributed by atoms with Gasteiger partial charge in [-0.3, -0.25) is 4.79 Å².